The molecule has 0 rings (SSSR count). The monoisotopic (exact) mass is 186 g/mol. The number of rotatable bonds is 7. The predicted octanol–water partition coefficient (Wildman–Crippen LogP) is 1.96. The fraction of sp³-hybridized carbons (Fsp3) is 0.700. The second-order valence-electron chi connectivity index (χ2n) is 3.06. The summed E-state index contributed by atoms with van der Waals surface area (Å²) in [6, 6.07) is 0. The molecule has 1 atom stereocenters. The normalized spacial score (nSPS) is 13.4. The molecule has 3 heteroatoms. The zero-order valence-corrected chi connectivity index (χ0v) is 8.07. The third kappa shape index (κ3) is 7.53. The first-order valence-electron chi connectivity index (χ1n) is 4.74. The molecule has 0 aliphatic heterocycles. The largest absolute Gasteiger partial charge is 0.479 e. The molecule has 0 amide bonds. The van der Waals surface area contributed by atoms with Gasteiger partial charge in [-0.3, -0.25) is 0 Å². The molecule has 0 bridgehead atoms. The van der Waals surface area contributed by atoms with Gasteiger partial charge in [0.2, 0.25) is 0 Å². The standard InChI is InChI=1S/C10H18O3/c1-2-3-4-5-6-7-8-9(11)10(12)13/h6-7,9,11H,2-5,8H2,1H3,(H,12,13)/b7-6-/t9-/m0/s1. The van der Waals surface area contributed by atoms with E-state index in [-0.39, 0.29) is 6.42 Å². The van der Waals surface area contributed by atoms with E-state index in [1.54, 1.807) is 6.08 Å². The van der Waals surface area contributed by atoms with Crippen molar-refractivity contribution in [3.8, 4) is 0 Å². The molecule has 3 nitrogen and oxygen atoms in total. The molecule has 0 unspecified atom stereocenters. The summed E-state index contributed by atoms with van der Waals surface area (Å²) >= 11 is 0. The molecule has 0 spiro atoms. The highest BCUT2D eigenvalue weighted by atomic mass is 16.4. The number of aliphatic hydroxyl groups excluding tert-OH is 1. The van der Waals surface area contributed by atoms with Crippen LogP contribution in [0.4, 0.5) is 0 Å². The minimum Gasteiger partial charge on any atom is -0.479 e. The van der Waals surface area contributed by atoms with Gasteiger partial charge in [-0.15, -0.1) is 0 Å². The zero-order valence-electron chi connectivity index (χ0n) is 8.07. The highest BCUT2D eigenvalue weighted by Gasteiger charge is 2.09. The number of carboxylic acid groups (broad SMARTS) is 1. The molecule has 13 heavy (non-hydrogen) atoms. The van der Waals surface area contributed by atoms with Crippen LogP contribution >= 0.6 is 0 Å². The molecule has 0 aromatic heterocycles. The first-order chi connectivity index (χ1) is 6.18. The van der Waals surface area contributed by atoms with Crippen molar-refractivity contribution in [2.45, 2.75) is 45.1 Å². The lowest BCUT2D eigenvalue weighted by molar-refractivity contribution is -0.146. The Morgan fingerprint density at radius 3 is 2.62 bits per heavy atom. The van der Waals surface area contributed by atoms with Crippen LogP contribution in [0.2, 0.25) is 0 Å². The predicted molar refractivity (Wildman–Crippen MR) is 51.5 cm³/mol. The van der Waals surface area contributed by atoms with Crippen LogP contribution in [0, 0.1) is 0 Å². The maximum absolute atomic E-state index is 10.2. The molecule has 2 N–H and O–H groups in total. The molecule has 0 saturated carbocycles. The van der Waals surface area contributed by atoms with Crippen molar-refractivity contribution in [2.75, 3.05) is 0 Å². The topological polar surface area (TPSA) is 57.5 Å². The molecule has 0 fully saturated rings. The van der Waals surface area contributed by atoms with E-state index < -0.39 is 12.1 Å². The van der Waals surface area contributed by atoms with E-state index in [4.69, 9.17) is 10.2 Å². The minimum atomic E-state index is -1.25. The Morgan fingerprint density at radius 2 is 2.08 bits per heavy atom. The second kappa shape index (κ2) is 7.80. The summed E-state index contributed by atoms with van der Waals surface area (Å²) < 4.78 is 0. The van der Waals surface area contributed by atoms with E-state index in [0.717, 1.165) is 12.8 Å². The van der Waals surface area contributed by atoms with Crippen molar-refractivity contribution < 1.29 is 15.0 Å². The summed E-state index contributed by atoms with van der Waals surface area (Å²) in [5.41, 5.74) is 0. The number of carbonyl (C=O) groups is 1. The summed E-state index contributed by atoms with van der Waals surface area (Å²) in [5, 5.41) is 17.2. The molecule has 76 valence electrons. The van der Waals surface area contributed by atoms with Crippen LogP contribution in [0.3, 0.4) is 0 Å². The highest BCUT2D eigenvalue weighted by molar-refractivity contribution is 5.72. The molecular formula is C10H18O3. The van der Waals surface area contributed by atoms with Crippen molar-refractivity contribution in [3.63, 3.8) is 0 Å². The van der Waals surface area contributed by atoms with Gasteiger partial charge in [-0.1, -0.05) is 31.9 Å². The van der Waals surface area contributed by atoms with Gasteiger partial charge in [-0.2, -0.15) is 0 Å². The Labute approximate surface area is 79.1 Å². The second-order valence-corrected chi connectivity index (χ2v) is 3.06. The van der Waals surface area contributed by atoms with Crippen molar-refractivity contribution >= 4 is 5.97 Å². The number of aliphatic carboxylic acids is 1. The summed E-state index contributed by atoms with van der Waals surface area (Å²) in [6.45, 7) is 2.14. The van der Waals surface area contributed by atoms with Crippen LogP contribution < -0.4 is 0 Å². The van der Waals surface area contributed by atoms with E-state index in [2.05, 4.69) is 6.92 Å². The Hall–Kier alpha value is -0.830. The van der Waals surface area contributed by atoms with Gasteiger partial charge in [-0.25, -0.2) is 4.79 Å². The molecular weight excluding hydrogens is 168 g/mol. The maximum atomic E-state index is 10.2. The van der Waals surface area contributed by atoms with E-state index in [9.17, 15) is 4.79 Å². The Balaban J connectivity index is 3.35. The number of allylic oxidation sites excluding steroid dienone is 1. The first-order valence-corrected chi connectivity index (χ1v) is 4.74. The van der Waals surface area contributed by atoms with E-state index in [0.29, 0.717) is 0 Å². The molecule has 0 radical (unpaired) electrons. The first kappa shape index (κ1) is 12.2. The van der Waals surface area contributed by atoms with Gasteiger partial charge in [0.25, 0.3) is 0 Å². The highest BCUT2D eigenvalue weighted by Crippen LogP contribution is 2.01. The van der Waals surface area contributed by atoms with E-state index in [1.165, 1.54) is 12.8 Å². The summed E-state index contributed by atoms with van der Waals surface area (Å²) in [4.78, 5) is 10.2. The zero-order chi connectivity index (χ0) is 10.1. The van der Waals surface area contributed by atoms with Crippen LogP contribution in [-0.4, -0.2) is 22.3 Å². The van der Waals surface area contributed by atoms with Crippen LogP contribution in [0.25, 0.3) is 0 Å². The number of carboxylic acids is 1. The lowest BCUT2D eigenvalue weighted by Crippen LogP contribution is -2.17. The quantitative estimate of drug-likeness (QED) is 0.472. The summed E-state index contributed by atoms with van der Waals surface area (Å²) in [5.74, 6) is -1.15. The summed E-state index contributed by atoms with van der Waals surface area (Å²) in [6.07, 6.45) is 7.12. The molecule has 0 saturated heterocycles. The van der Waals surface area contributed by atoms with Crippen LogP contribution in [-0.2, 0) is 4.79 Å². The van der Waals surface area contributed by atoms with Crippen molar-refractivity contribution in [1.82, 2.24) is 0 Å². The van der Waals surface area contributed by atoms with Crippen LogP contribution in [0.1, 0.15) is 39.0 Å². The average molecular weight is 186 g/mol. The van der Waals surface area contributed by atoms with Crippen molar-refractivity contribution in [3.05, 3.63) is 12.2 Å². The van der Waals surface area contributed by atoms with Gasteiger partial charge < -0.3 is 10.2 Å². The Kier molecular flexibility index (Phi) is 7.30. The lowest BCUT2D eigenvalue weighted by Gasteiger charge is -1.99. The summed E-state index contributed by atoms with van der Waals surface area (Å²) in [7, 11) is 0. The number of unbranched alkanes of at least 4 members (excludes halogenated alkanes) is 3. The van der Waals surface area contributed by atoms with Crippen molar-refractivity contribution in [2.24, 2.45) is 0 Å². The molecule has 0 aromatic carbocycles. The fourth-order valence-corrected chi connectivity index (χ4v) is 0.956. The number of hydrogen-bond acceptors (Lipinski definition) is 2. The smallest absolute Gasteiger partial charge is 0.332 e. The molecule has 0 aromatic rings. The number of aliphatic hydroxyl groups is 1. The van der Waals surface area contributed by atoms with Gasteiger partial charge in [0.1, 0.15) is 0 Å². The molecule has 0 aliphatic rings. The van der Waals surface area contributed by atoms with Crippen molar-refractivity contribution in [1.29, 1.82) is 0 Å². The number of hydrogen-bond donors (Lipinski definition) is 2. The Morgan fingerprint density at radius 1 is 1.38 bits per heavy atom. The Bertz CT molecular complexity index is 164. The van der Waals surface area contributed by atoms with Crippen LogP contribution in [0.15, 0.2) is 12.2 Å². The van der Waals surface area contributed by atoms with Gasteiger partial charge in [0, 0.05) is 6.42 Å². The van der Waals surface area contributed by atoms with Gasteiger partial charge >= 0.3 is 5.97 Å². The minimum absolute atomic E-state index is 0.210. The maximum Gasteiger partial charge on any atom is 0.332 e. The SMILES string of the molecule is CCCCC/C=C\C[C@H](O)C(=O)O. The van der Waals surface area contributed by atoms with Gasteiger partial charge in [0.05, 0.1) is 0 Å². The van der Waals surface area contributed by atoms with Gasteiger partial charge in [0.15, 0.2) is 6.10 Å². The fourth-order valence-electron chi connectivity index (χ4n) is 0.956. The molecule has 0 heterocycles. The third-order valence-electron chi connectivity index (χ3n) is 1.79. The van der Waals surface area contributed by atoms with E-state index in [1.807, 2.05) is 6.08 Å². The van der Waals surface area contributed by atoms with E-state index >= 15 is 0 Å². The molecule has 0 aliphatic carbocycles. The average Bonchev–Trinajstić information content (AvgIpc) is 2.10. The third-order valence-corrected chi connectivity index (χ3v) is 1.79. The van der Waals surface area contributed by atoms with Crippen LogP contribution in [0.5, 0.6) is 0 Å². The lowest BCUT2D eigenvalue weighted by atomic mass is 10.2. The van der Waals surface area contributed by atoms with Gasteiger partial charge in [-0.05, 0) is 12.8 Å².